The van der Waals surface area contributed by atoms with Gasteiger partial charge in [-0.2, -0.15) is 4.31 Å². The molecule has 0 spiro atoms. The van der Waals surface area contributed by atoms with E-state index in [0.29, 0.717) is 11.4 Å². The van der Waals surface area contributed by atoms with E-state index in [1.165, 1.54) is 11.1 Å². The summed E-state index contributed by atoms with van der Waals surface area (Å²) in [5, 5.41) is 0. The fourth-order valence-corrected chi connectivity index (χ4v) is 6.64. The van der Waals surface area contributed by atoms with Gasteiger partial charge in [-0.1, -0.05) is 62.7 Å². The first-order valence-electron chi connectivity index (χ1n) is 9.35. The Morgan fingerprint density at radius 1 is 0.962 bits per heavy atom. The van der Waals surface area contributed by atoms with Gasteiger partial charge in [-0.05, 0) is 48.4 Å². The Hall–Kier alpha value is -1.65. The third kappa shape index (κ3) is 2.46. The van der Waals surface area contributed by atoms with Crippen molar-refractivity contribution >= 4 is 10.0 Å². The molecular formula is C22H27NO2S. The van der Waals surface area contributed by atoms with Crippen molar-refractivity contribution in [2.24, 2.45) is 0 Å². The minimum absolute atomic E-state index is 0.0255. The van der Waals surface area contributed by atoms with Gasteiger partial charge in [-0.25, -0.2) is 8.42 Å². The first-order valence-corrected chi connectivity index (χ1v) is 10.8. The van der Waals surface area contributed by atoms with Crippen molar-refractivity contribution in [3.05, 3.63) is 65.2 Å². The lowest BCUT2D eigenvalue weighted by Gasteiger charge is -2.56. The molecule has 2 aromatic rings. The summed E-state index contributed by atoms with van der Waals surface area (Å²) in [5.74, 6) is 0. The van der Waals surface area contributed by atoms with Crippen LogP contribution in [-0.4, -0.2) is 25.3 Å². The highest BCUT2D eigenvalue weighted by atomic mass is 32.2. The van der Waals surface area contributed by atoms with Crippen LogP contribution in [0.15, 0.2) is 53.4 Å². The molecule has 1 aliphatic carbocycles. The zero-order chi connectivity index (χ0) is 18.7. The quantitative estimate of drug-likeness (QED) is 0.787. The molecule has 4 rings (SSSR count). The zero-order valence-corrected chi connectivity index (χ0v) is 16.8. The van der Waals surface area contributed by atoms with Crippen molar-refractivity contribution < 1.29 is 8.42 Å². The maximum atomic E-state index is 13.4. The number of benzene rings is 2. The lowest BCUT2D eigenvalue weighted by atomic mass is 9.57. The van der Waals surface area contributed by atoms with Gasteiger partial charge < -0.3 is 0 Å². The second-order valence-corrected chi connectivity index (χ2v) is 10.6. The number of rotatable bonds is 2. The number of aryl methyl sites for hydroxylation is 1. The molecule has 2 aromatic carbocycles. The first kappa shape index (κ1) is 17.7. The number of sulfonamides is 1. The Bertz CT molecular complexity index is 946. The normalized spacial score (nSPS) is 27.8. The van der Waals surface area contributed by atoms with E-state index in [1.807, 2.05) is 19.1 Å². The summed E-state index contributed by atoms with van der Waals surface area (Å²) >= 11 is 0. The molecule has 0 radical (unpaired) electrons. The number of hydrogen-bond donors (Lipinski definition) is 0. The molecule has 0 aromatic heterocycles. The molecule has 26 heavy (non-hydrogen) atoms. The van der Waals surface area contributed by atoms with Crippen LogP contribution in [0.4, 0.5) is 0 Å². The molecule has 2 bridgehead atoms. The van der Waals surface area contributed by atoms with Crippen molar-refractivity contribution in [2.45, 2.75) is 62.3 Å². The maximum absolute atomic E-state index is 13.4. The van der Waals surface area contributed by atoms with Gasteiger partial charge in [0.05, 0.1) is 4.90 Å². The summed E-state index contributed by atoms with van der Waals surface area (Å²) in [7, 11) is -3.50. The molecule has 138 valence electrons. The SMILES string of the molecule is Cc1ccc(S(=O)(=O)N2CC[C@]3(C)C[C@H]2C(C)(C)c2ccccc23)cc1. The smallest absolute Gasteiger partial charge is 0.207 e. The third-order valence-electron chi connectivity index (χ3n) is 6.61. The van der Waals surface area contributed by atoms with Gasteiger partial charge in [0.2, 0.25) is 10.0 Å². The van der Waals surface area contributed by atoms with E-state index in [4.69, 9.17) is 0 Å². The minimum Gasteiger partial charge on any atom is -0.207 e. The van der Waals surface area contributed by atoms with Crippen LogP contribution < -0.4 is 0 Å². The lowest BCUT2D eigenvalue weighted by Crippen LogP contribution is -2.60. The summed E-state index contributed by atoms with van der Waals surface area (Å²) < 4.78 is 28.6. The Balaban J connectivity index is 1.82. The van der Waals surface area contributed by atoms with E-state index < -0.39 is 10.0 Å². The first-order chi connectivity index (χ1) is 12.2. The molecule has 1 fully saturated rings. The Morgan fingerprint density at radius 2 is 1.58 bits per heavy atom. The van der Waals surface area contributed by atoms with E-state index in [1.54, 1.807) is 16.4 Å². The van der Waals surface area contributed by atoms with Gasteiger partial charge in [0.1, 0.15) is 0 Å². The summed E-state index contributed by atoms with van der Waals surface area (Å²) in [6, 6.07) is 15.8. The van der Waals surface area contributed by atoms with Crippen molar-refractivity contribution in [1.82, 2.24) is 4.31 Å². The third-order valence-corrected chi connectivity index (χ3v) is 8.53. The van der Waals surface area contributed by atoms with Gasteiger partial charge in [-0.15, -0.1) is 0 Å². The molecule has 0 amide bonds. The van der Waals surface area contributed by atoms with Gasteiger partial charge in [0.15, 0.2) is 0 Å². The molecule has 1 aliphatic heterocycles. The molecule has 4 heteroatoms. The molecular weight excluding hydrogens is 342 g/mol. The second-order valence-electron chi connectivity index (χ2n) is 8.73. The van der Waals surface area contributed by atoms with Gasteiger partial charge >= 0.3 is 0 Å². The van der Waals surface area contributed by atoms with E-state index in [2.05, 4.69) is 45.0 Å². The lowest BCUT2D eigenvalue weighted by molar-refractivity contribution is 0.101. The molecule has 0 N–H and O–H groups in total. The largest absolute Gasteiger partial charge is 0.243 e. The van der Waals surface area contributed by atoms with Gasteiger partial charge in [0, 0.05) is 18.0 Å². The van der Waals surface area contributed by atoms with E-state index >= 15 is 0 Å². The van der Waals surface area contributed by atoms with Crippen LogP contribution >= 0.6 is 0 Å². The van der Waals surface area contributed by atoms with Crippen molar-refractivity contribution in [1.29, 1.82) is 0 Å². The van der Waals surface area contributed by atoms with E-state index in [0.717, 1.165) is 18.4 Å². The standard InChI is InChI=1S/C22H27NO2S/c1-16-9-11-17(12-10-16)26(24,25)23-14-13-22(4)15-20(23)21(2,3)18-7-5-6-8-19(18)22/h5-12,20H,13-15H2,1-4H3/t20-,22+/m0/s1. The number of fused-ring (bicyclic) bond motifs is 4. The summed E-state index contributed by atoms with van der Waals surface area (Å²) in [5.41, 5.74) is 3.60. The minimum atomic E-state index is -3.50. The topological polar surface area (TPSA) is 37.4 Å². The molecule has 1 heterocycles. The molecule has 1 saturated heterocycles. The highest BCUT2D eigenvalue weighted by molar-refractivity contribution is 7.89. The second kappa shape index (κ2) is 5.67. The fourth-order valence-electron chi connectivity index (χ4n) is 4.89. The van der Waals surface area contributed by atoms with Crippen LogP contribution in [0.2, 0.25) is 0 Å². The van der Waals surface area contributed by atoms with Crippen LogP contribution in [0.5, 0.6) is 0 Å². The van der Waals surface area contributed by atoms with Gasteiger partial charge in [0.25, 0.3) is 0 Å². The number of piperidine rings is 1. The summed E-state index contributed by atoms with van der Waals surface area (Å²) in [4.78, 5) is 0.404. The molecule has 2 aliphatic rings. The average Bonchev–Trinajstić information content (AvgIpc) is 2.61. The van der Waals surface area contributed by atoms with Crippen molar-refractivity contribution in [2.75, 3.05) is 6.54 Å². The number of nitrogens with zero attached hydrogens (tertiary/aromatic N) is 1. The van der Waals surface area contributed by atoms with Gasteiger partial charge in [-0.3, -0.25) is 0 Å². The maximum Gasteiger partial charge on any atom is 0.243 e. The summed E-state index contributed by atoms with van der Waals surface area (Å²) in [6.07, 6.45) is 1.74. The highest BCUT2D eigenvalue weighted by Gasteiger charge is 2.53. The average molecular weight is 370 g/mol. The monoisotopic (exact) mass is 369 g/mol. The van der Waals surface area contributed by atoms with Crippen molar-refractivity contribution in [3.8, 4) is 0 Å². The fraction of sp³-hybridized carbons (Fsp3) is 0.455. The Morgan fingerprint density at radius 3 is 2.23 bits per heavy atom. The van der Waals surface area contributed by atoms with E-state index in [-0.39, 0.29) is 16.9 Å². The highest BCUT2D eigenvalue weighted by Crippen LogP contribution is 2.52. The van der Waals surface area contributed by atoms with E-state index in [9.17, 15) is 8.42 Å². The molecule has 0 unspecified atom stereocenters. The van der Waals surface area contributed by atoms with Crippen LogP contribution in [0.1, 0.15) is 50.3 Å². The predicted molar refractivity (Wildman–Crippen MR) is 105 cm³/mol. The Labute approximate surface area is 157 Å². The van der Waals surface area contributed by atoms with Crippen LogP contribution in [-0.2, 0) is 20.9 Å². The predicted octanol–water partition coefficient (Wildman–Crippen LogP) is 4.40. The van der Waals surface area contributed by atoms with Crippen LogP contribution in [0, 0.1) is 6.92 Å². The molecule has 3 nitrogen and oxygen atoms in total. The summed E-state index contributed by atoms with van der Waals surface area (Å²) in [6.45, 7) is 9.24. The zero-order valence-electron chi connectivity index (χ0n) is 16.0. The molecule has 2 atom stereocenters. The van der Waals surface area contributed by atoms with Crippen LogP contribution in [0.3, 0.4) is 0 Å². The molecule has 0 saturated carbocycles. The Kier molecular flexibility index (Phi) is 3.87. The van der Waals surface area contributed by atoms with Crippen molar-refractivity contribution in [3.63, 3.8) is 0 Å². The number of hydrogen-bond acceptors (Lipinski definition) is 2. The van der Waals surface area contributed by atoms with Crippen LogP contribution in [0.25, 0.3) is 0 Å².